The van der Waals surface area contributed by atoms with E-state index in [1.54, 1.807) is 18.2 Å². The smallest absolute Gasteiger partial charge is 0.246 e. The molecule has 0 saturated heterocycles. The van der Waals surface area contributed by atoms with E-state index < -0.39 is 15.8 Å². The van der Waals surface area contributed by atoms with Crippen molar-refractivity contribution >= 4 is 43.2 Å². The summed E-state index contributed by atoms with van der Waals surface area (Å²) in [6.07, 6.45) is 0. The predicted octanol–water partition coefficient (Wildman–Crippen LogP) is 2.37. The summed E-state index contributed by atoms with van der Waals surface area (Å²) in [5.41, 5.74) is 0.251. The average Bonchev–Trinajstić information content (AvgIpc) is 2.10. The van der Waals surface area contributed by atoms with Gasteiger partial charge in [0.05, 0.1) is 16.8 Å². The third kappa shape index (κ3) is 3.70. The molecule has 0 aliphatic heterocycles. The Hall–Kier alpha value is -0.770. The van der Waals surface area contributed by atoms with Gasteiger partial charge < -0.3 is 0 Å². The normalized spacial score (nSPS) is 10.7. The van der Waals surface area contributed by atoms with Crippen LogP contribution in [0.1, 0.15) is 0 Å². The van der Waals surface area contributed by atoms with Gasteiger partial charge in [-0.25, -0.2) is 8.42 Å². The van der Waals surface area contributed by atoms with E-state index in [2.05, 4.69) is 20.7 Å². The van der Waals surface area contributed by atoms with Gasteiger partial charge >= 0.3 is 0 Å². The summed E-state index contributed by atoms with van der Waals surface area (Å²) < 4.78 is 25.4. The molecule has 0 atom stereocenters. The first-order chi connectivity index (χ1) is 6.94. The highest BCUT2D eigenvalue weighted by Crippen LogP contribution is 2.26. The largest absolute Gasteiger partial charge is 0.281 e. The molecular weight excluding hydrogens is 304 g/mol. The summed E-state index contributed by atoms with van der Waals surface area (Å²) >= 11 is 8.96. The van der Waals surface area contributed by atoms with Crippen LogP contribution in [0.5, 0.6) is 0 Å². The van der Waals surface area contributed by atoms with Crippen molar-refractivity contribution in [2.45, 2.75) is 0 Å². The lowest BCUT2D eigenvalue weighted by molar-refractivity contribution is 0.604. The highest BCUT2D eigenvalue weighted by Gasteiger charge is 2.11. The first-order valence-corrected chi connectivity index (χ1v) is 6.59. The zero-order valence-electron chi connectivity index (χ0n) is 7.37. The third-order valence-electron chi connectivity index (χ3n) is 1.45. The molecule has 0 bridgehead atoms. The number of nitriles is 1. The van der Waals surface area contributed by atoms with Crippen molar-refractivity contribution in [2.24, 2.45) is 0 Å². The second-order valence-corrected chi connectivity index (χ2v) is 5.69. The summed E-state index contributed by atoms with van der Waals surface area (Å²) in [5.74, 6) is -0.601. The molecule has 0 aromatic heterocycles. The van der Waals surface area contributed by atoms with Gasteiger partial charge in [0.15, 0.2) is 5.75 Å². The fraction of sp³-hybridized carbons (Fsp3) is 0.125. The van der Waals surface area contributed by atoms with Crippen LogP contribution in [-0.4, -0.2) is 14.2 Å². The Bertz CT molecular complexity index is 510. The quantitative estimate of drug-likeness (QED) is 0.932. The molecule has 1 aromatic carbocycles. The van der Waals surface area contributed by atoms with Gasteiger partial charge in [-0.2, -0.15) is 5.26 Å². The molecule has 80 valence electrons. The maximum atomic E-state index is 11.3. The van der Waals surface area contributed by atoms with Gasteiger partial charge in [-0.05, 0) is 18.2 Å². The Balaban J connectivity index is 3.00. The molecule has 0 aliphatic carbocycles. The first-order valence-electron chi connectivity index (χ1n) is 3.77. The Morgan fingerprint density at radius 1 is 1.53 bits per heavy atom. The maximum Gasteiger partial charge on any atom is 0.246 e. The van der Waals surface area contributed by atoms with Crippen LogP contribution < -0.4 is 4.72 Å². The van der Waals surface area contributed by atoms with Crippen molar-refractivity contribution in [1.29, 1.82) is 5.26 Å². The topological polar surface area (TPSA) is 70.0 Å². The summed E-state index contributed by atoms with van der Waals surface area (Å²) in [6, 6.07) is 6.32. The van der Waals surface area contributed by atoms with Gasteiger partial charge in [-0.1, -0.05) is 27.5 Å². The Kier molecular flexibility index (Phi) is 3.97. The number of halogens is 2. The van der Waals surface area contributed by atoms with E-state index >= 15 is 0 Å². The zero-order valence-corrected chi connectivity index (χ0v) is 10.5. The van der Waals surface area contributed by atoms with Gasteiger partial charge in [0, 0.05) is 4.47 Å². The lowest BCUT2D eigenvalue weighted by Crippen LogP contribution is -2.15. The van der Waals surface area contributed by atoms with Crippen LogP contribution >= 0.6 is 27.5 Å². The number of nitrogens with zero attached hydrogens (tertiary/aromatic N) is 1. The lowest BCUT2D eigenvalue weighted by Gasteiger charge is -2.07. The highest BCUT2D eigenvalue weighted by molar-refractivity contribution is 9.10. The monoisotopic (exact) mass is 308 g/mol. The molecule has 4 nitrogen and oxygen atoms in total. The van der Waals surface area contributed by atoms with Crippen LogP contribution in [0.4, 0.5) is 5.69 Å². The number of sulfonamides is 1. The van der Waals surface area contributed by atoms with Crippen molar-refractivity contribution in [1.82, 2.24) is 0 Å². The highest BCUT2D eigenvalue weighted by atomic mass is 79.9. The SMILES string of the molecule is N#CCS(=O)(=O)Nc1cc(Br)ccc1Cl. The molecule has 1 aromatic rings. The molecule has 0 amide bonds. The summed E-state index contributed by atoms with van der Waals surface area (Å²) in [7, 11) is -3.64. The van der Waals surface area contributed by atoms with E-state index in [0.717, 1.165) is 0 Å². The minimum absolute atomic E-state index is 0.251. The van der Waals surface area contributed by atoms with E-state index in [1.165, 1.54) is 6.07 Å². The first kappa shape index (κ1) is 12.3. The standard InChI is InChI=1S/C8H6BrClN2O2S/c9-6-1-2-7(10)8(5-6)12-15(13,14)4-3-11/h1-2,5,12H,4H2. The van der Waals surface area contributed by atoms with Gasteiger partial charge in [-0.15, -0.1) is 0 Å². The molecule has 0 saturated carbocycles. The molecule has 1 rings (SSSR count). The van der Waals surface area contributed by atoms with Crippen molar-refractivity contribution < 1.29 is 8.42 Å². The van der Waals surface area contributed by atoms with Crippen molar-refractivity contribution in [3.8, 4) is 6.07 Å². The van der Waals surface area contributed by atoms with Gasteiger partial charge in [0.2, 0.25) is 10.0 Å². The molecular formula is C8H6BrClN2O2S. The maximum absolute atomic E-state index is 11.3. The van der Waals surface area contributed by atoms with Gasteiger partial charge in [-0.3, -0.25) is 4.72 Å². The van der Waals surface area contributed by atoms with Crippen LogP contribution in [-0.2, 0) is 10.0 Å². The van der Waals surface area contributed by atoms with E-state index in [-0.39, 0.29) is 10.7 Å². The minimum Gasteiger partial charge on any atom is -0.281 e. The second-order valence-electron chi connectivity index (χ2n) is 2.64. The van der Waals surface area contributed by atoms with Crippen molar-refractivity contribution in [3.05, 3.63) is 27.7 Å². The molecule has 1 N–H and O–H groups in total. The van der Waals surface area contributed by atoms with E-state index in [1.807, 2.05) is 0 Å². The molecule has 0 spiro atoms. The lowest BCUT2D eigenvalue weighted by atomic mass is 10.3. The number of hydrogen-bond acceptors (Lipinski definition) is 3. The molecule has 0 aliphatic rings. The average molecular weight is 310 g/mol. The Morgan fingerprint density at radius 3 is 2.80 bits per heavy atom. The summed E-state index contributed by atoms with van der Waals surface area (Å²) in [5, 5.41) is 8.57. The third-order valence-corrected chi connectivity index (χ3v) is 3.31. The van der Waals surface area contributed by atoms with Crippen molar-refractivity contribution in [2.75, 3.05) is 10.5 Å². The summed E-state index contributed by atoms with van der Waals surface area (Å²) in [6.45, 7) is 0. The fourth-order valence-electron chi connectivity index (χ4n) is 0.864. The van der Waals surface area contributed by atoms with Crippen molar-refractivity contribution in [3.63, 3.8) is 0 Å². The summed E-state index contributed by atoms with van der Waals surface area (Å²) in [4.78, 5) is 0. The van der Waals surface area contributed by atoms with Crippen LogP contribution in [0.15, 0.2) is 22.7 Å². The number of hydrogen-bond donors (Lipinski definition) is 1. The number of benzene rings is 1. The molecule has 0 heterocycles. The van der Waals surface area contributed by atoms with Crippen LogP contribution in [0.3, 0.4) is 0 Å². The number of nitrogens with one attached hydrogen (secondary N) is 1. The van der Waals surface area contributed by atoms with E-state index in [4.69, 9.17) is 16.9 Å². The Labute approximate surface area is 101 Å². The van der Waals surface area contributed by atoms with Gasteiger partial charge in [0.25, 0.3) is 0 Å². The fourth-order valence-corrected chi connectivity index (χ4v) is 2.19. The van der Waals surface area contributed by atoms with Crippen LogP contribution in [0.25, 0.3) is 0 Å². The second kappa shape index (κ2) is 4.84. The van der Waals surface area contributed by atoms with E-state index in [9.17, 15) is 8.42 Å². The molecule has 15 heavy (non-hydrogen) atoms. The van der Waals surface area contributed by atoms with E-state index in [0.29, 0.717) is 4.47 Å². The predicted molar refractivity (Wildman–Crippen MR) is 62.2 cm³/mol. The Morgan fingerprint density at radius 2 is 2.20 bits per heavy atom. The van der Waals surface area contributed by atoms with Gasteiger partial charge in [0.1, 0.15) is 0 Å². The minimum atomic E-state index is -3.64. The molecule has 0 unspecified atom stereocenters. The molecule has 0 fully saturated rings. The van der Waals surface area contributed by atoms with Crippen LogP contribution in [0.2, 0.25) is 5.02 Å². The number of anilines is 1. The zero-order chi connectivity index (χ0) is 11.5. The molecule has 0 radical (unpaired) electrons. The number of rotatable bonds is 3. The molecule has 7 heteroatoms. The van der Waals surface area contributed by atoms with Crippen LogP contribution in [0, 0.1) is 11.3 Å².